The molecule has 7 heteroatoms. The van der Waals surface area contributed by atoms with E-state index in [0.29, 0.717) is 24.1 Å². The summed E-state index contributed by atoms with van der Waals surface area (Å²) in [4.78, 5) is 17.4. The Balaban J connectivity index is 1.78. The molecular formula is C21H20ClFN4O. The van der Waals surface area contributed by atoms with Crippen molar-refractivity contribution in [2.45, 2.75) is 26.4 Å². The second kappa shape index (κ2) is 7.37. The number of fused-ring (bicyclic) bond motifs is 2. The summed E-state index contributed by atoms with van der Waals surface area (Å²) in [6.07, 6.45) is 2.49. The lowest BCUT2D eigenvalue weighted by molar-refractivity contribution is 0.0984. The summed E-state index contributed by atoms with van der Waals surface area (Å²) < 4.78 is 16.2. The first-order chi connectivity index (χ1) is 13.5. The third kappa shape index (κ3) is 3.30. The molecular weight excluding hydrogens is 379 g/mol. The molecule has 0 saturated carbocycles. The van der Waals surface area contributed by atoms with Crippen LogP contribution in [0, 0.1) is 12.7 Å². The predicted octanol–water partition coefficient (Wildman–Crippen LogP) is 3.86. The van der Waals surface area contributed by atoms with E-state index in [4.69, 9.17) is 11.8 Å². The van der Waals surface area contributed by atoms with Gasteiger partial charge in [0, 0.05) is 48.1 Å². The number of aromatic nitrogens is 2. The van der Waals surface area contributed by atoms with E-state index >= 15 is 0 Å². The number of aryl methyl sites for hydroxylation is 2. The molecule has 2 heterocycles. The van der Waals surface area contributed by atoms with Crippen LogP contribution in [0.3, 0.4) is 0 Å². The zero-order chi connectivity index (χ0) is 19.8. The van der Waals surface area contributed by atoms with E-state index in [-0.39, 0.29) is 12.5 Å². The van der Waals surface area contributed by atoms with Gasteiger partial charge < -0.3 is 4.90 Å². The van der Waals surface area contributed by atoms with Crippen LogP contribution in [0.4, 0.5) is 10.1 Å². The molecule has 0 unspecified atom stereocenters. The number of nitrogens with zero attached hydrogens (tertiary/aromatic N) is 3. The van der Waals surface area contributed by atoms with Crippen molar-refractivity contribution in [1.82, 2.24) is 14.6 Å². The lowest BCUT2D eigenvalue weighted by atomic mass is 10.0. The van der Waals surface area contributed by atoms with Crippen LogP contribution in [0.25, 0.3) is 0 Å². The highest BCUT2D eigenvalue weighted by Gasteiger charge is 2.27. The van der Waals surface area contributed by atoms with Crippen molar-refractivity contribution in [3.63, 3.8) is 0 Å². The van der Waals surface area contributed by atoms with Crippen molar-refractivity contribution in [2.24, 2.45) is 7.05 Å². The first-order valence-corrected chi connectivity index (χ1v) is 9.39. The van der Waals surface area contributed by atoms with E-state index in [2.05, 4.69) is 16.0 Å². The van der Waals surface area contributed by atoms with Crippen molar-refractivity contribution >= 4 is 23.4 Å². The van der Waals surface area contributed by atoms with Gasteiger partial charge in [-0.3, -0.25) is 9.48 Å². The third-order valence-corrected chi connectivity index (χ3v) is 5.30. The smallest absolute Gasteiger partial charge is 0.258 e. The molecule has 1 aliphatic heterocycles. The maximum atomic E-state index is 14.4. The van der Waals surface area contributed by atoms with Gasteiger partial charge in [0.1, 0.15) is 5.82 Å². The van der Waals surface area contributed by atoms with Crippen molar-refractivity contribution in [1.29, 1.82) is 0 Å². The molecule has 2 aromatic carbocycles. The van der Waals surface area contributed by atoms with Crippen LogP contribution in [0.5, 0.6) is 0 Å². The molecule has 28 heavy (non-hydrogen) atoms. The molecule has 1 aromatic heterocycles. The Kier molecular flexibility index (Phi) is 4.91. The molecule has 5 nitrogen and oxygen atoms in total. The second-order valence-electron chi connectivity index (χ2n) is 7.06. The predicted molar refractivity (Wildman–Crippen MR) is 107 cm³/mol. The summed E-state index contributed by atoms with van der Waals surface area (Å²) >= 11 is 5.47. The number of amides is 1. The summed E-state index contributed by atoms with van der Waals surface area (Å²) in [5, 5.41) is 4.35. The zero-order valence-corrected chi connectivity index (χ0v) is 16.4. The Morgan fingerprint density at radius 1 is 1.25 bits per heavy atom. The standard InChI is InChI=1S/C21H20ClFN4O/c1-13-3-6-19-16(7-13)9-20-17(11-25-26(20)2)12-27(19)21(28)14-4-5-15(10-24-22)18(23)8-14/h3-8,11,24H,9-10,12H2,1-2H3. The van der Waals surface area contributed by atoms with Gasteiger partial charge in [-0.2, -0.15) is 5.10 Å². The maximum absolute atomic E-state index is 14.4. The molecule has 0 bridgehead atoms. The zero-order valence-electron chi connectivity index (χ0n) is 15.7. The topological polar surface area (TPSA) is 50.2 Å². The molecule has 0 atom stereocenters. The molecule has 1 aliphatic rings. The average Bonchev–Trinajstić information content (AvgIpc) is 2.92. The first-order valence-electron chi connectivity index (χ1n) is 9.01. The van der Waals surface area contributed by atoms with Crippen molar-refractivity contribution in [3.8, 4) is 0 Å². The lowest BCUT2D eigenvalue weighted by Crippen LogP contribution is -2.30. The van der Waals surface area contributed by atoms with Crippen LogP contribution < -0.4 is 9.74 Å². The Morgan fingerprint density at radius 2 is 2.07 bits per heavy atom. The number of nitrogens with one attached hydrogen (secondary N) is 1. The van der Waals surface area contributed by atoms with Crippen molar-refractivity contribution in [2.75, 3.05) is 4.90 Å². The second-order valence-corrected chi connectivity index (χ2v) is 7.32. The van der Waals surface area contributed by atoms with Crippen LogP contribution in [-0.2, 0) is 26.6 Å². The highest BCUT2D eigenvalue weighted by molar-refractivity contribution is 6.13. The highest BCUT2D eigenvalue weighted by Crippen LogP contribution is 2.32. The summed E-state index contributed by atoms with van der Waals surface area (Å²) in [6.45, 7) is 2.61. The van der Waals surface area contributed by atoms with Crippen LogP contribution >= 0.6 is 11.8 Å². The van der Waals surface area contributed by atoms with E-state index in [1.54, 1.807) is 23.2 Å². The molecule has 1 N–H and O–H groups in total. The van der Waals surface area contributed by atoms with Gasteiger partial charge >= 0.3 is 0 Å². The van der Waals surface area contributed by atoms with E-state index in [1.807, 2.05) is 30.8 Å². The number of hydrogen-bond donors (Lipinski definition) is 1. The third-order valence-electron chi connectivity index (χ3n) is 5.16. The van der Waals surface area contributed by atoms with Gasteiger partial charge in [0.25, 0.3) is 5.91 Å². The monoisotopic (exact) mass is 398 g/mol. The molecule has 3 aromatic rings. The molecule has 4 rings (SSSR count). The lowest BCUT2D eigenvalue weighted by Gasteiger charge is -2.23. The van der Waals surface area contributed by atoms with Gasteiger partial charge in [-0.15, -0.1) is 0 Å². The highest BCUT2D eigenvalue weighted by atomic mass is 35.5. The molecule has 144 valence electrons. The minimum absolute atomic E-state index is 0.187. The fraction of sp³-hybridized carbons (Fsp3) is 0.238. The Labute approximate surface area is 167 Å². The summed E-state index contributed by atoms with van der Waals surface area (Å²) in [7, 11) is 1.91. The quantitative estimate of drug-likeness (QED) is 0.681. The van der Waals surface area contributed by atoms with Gasteiger partial charge in [-0.25, -0.2) is 9.23 Å². The van der Waals surface area contributed by atoms with Crippen molar-refractivity contribution in [3.05, 3.63) is 81.9 Å². The first kappa shape index (κ1) is 18.7. The van der Waals surface area contributed by atoms with E-state index in [0.717, 1.165) is 28.1 Å². The van der Waals surface area contributed by atoms with E-state index in [9.17, 15) is 9.18 Å². The van der Waals surface area contributed by atoms with Gasteiger partial charge in [-0.05, 0) is 42.5 Å². The molecule has 0 saturated heterocycles. The number of benzene rings is 2. The molecule has 0 aliphatic carbocycles. The van der Waals surface area contributed by atoms with Crippen LogP contribution in [0.1, 0.15) is 38.3 Å². The fourth-order valence-electron chi connectivity index (χ4n) is 3.66. The summed E-state index contributed by atoms with van der Waals surface area (Å²) in [5.41, 5.74) is 5.81. The Hall–Kier alpha value is -2.70. The van der Waals surface area contributed by atoms with Crippen LogP contribution in [0.15, 0.2) is 42.6 Å². The van der Waals surface area contributed by atoms with E-state index in [1.165, 1.54) is 6.07 Å². The number of rotatable bonds is 3. The maximum Gasteiger partial charge on any atom is 0.258 e. The van der Waals surface area contributed by atoms with Crippen LogP contribution in [-0.4, -0.2) is 15.7 Å². The van der Waals surface area contributed by atoms with Gasteiger partial charge in [0.15, 0.2) is 0 Å². The Morgan fingerprint density at radius 3 is 2.82 bits per heavy atom. The molecule has 1 amide bonds. The molecule has 0 spiro atoms. The minimum Gasteiger partial charge on any atom is -0.304 e. The summed E-state index contributed by atoms with van der Waals surface area (Å²) in [5.74, 6) is -0.703. The van der Waals surface area contributed by atoms with Gasteiger partial charge in [0.2, 0.25) is 0 Å². The fourth-order valence-corrected chi connectivity index (χ4v) is 3.80. The minimum atomic E-state index is -0.458. The molecule has 0 fully saturated rings. The number of halogens is 2. The molecule has 0 radical (unpaired) electrons. The van der Waals surface area contributed by atoms with Gasteiger partial charge in [0.05, 0.1) is 12.7 Å². The number of carbonyl (C=O) groups excluding carboxylic acids is 1. The van der Waals surface area contributed by atoms with Crippen LogP contribution in [0.2, 0.25) is 0 Å². The number of hydrogen-bond acceptors (Lipinski definition) is 3. The van der Waals surface area contributed by atoms with Crippen molar-refractivity contribution < 1.29 is 9.18 Å². The van der Waals surface area contributed by atoms with E-state index < -0.39 is 5.82 Å². The normalized spacial score (nSPS) is 13.1. The average molecular weight is 399 g/mol. The van der Waals surface area contributed by atoms with Gasteiger partial charge in [-0.1, -0.05) is 23.8 Å². The number of carbonyl (C=O) groups is 1. The Bertz CT molecular complexity index is 1060. The number of anilines is 1. The SMILES string of the molecule is Cc1ccc2c(c1)Cc1c(cnn1C)CN2C(=O)c1ccc(CNCl)c(F)c1. The largest absolute Gasteiger partial charge is 0.304 e. The summed E-state index contributed by atoms with van der Waals surface area (Å²) in [6, 6.07) is 10.5.